The van der Waals surface area contributed by atoms with Gasteiger partial charge in [0.25, 0.3) is 0 Å². The lowest BCUT2D eigenvalue weighted by atomic mass is 10.3. The second-order valence-electron chi connectivity index (χ2n) is 3.28. The van der Waals surface area contributed by atoms with Crippen LogP contribution in [0, 0.1) is 0 Å². The van der Waals surface area contributed by atoms with E-state index in [2.05, 4.69) is 47.0 Å². The molecule has 0 radical (unpaired) electrons. The summed E-state index contributed by atoms with van der Waals surface area (Å²) in [5, 5.41) is 11.7. The molecule has 7 heteroatoms. The van der Waals surface area contributed by atoms with Gasteiger partial charge in [-0.1, -0.05) is 5.16 Å². The van der Waals surface area contributed by atoms with Gasteiger partial charge in [0, 0.05) is 29.6 Å². The molecule has 2 heterocycles. The lowest BCUT2D eigenvalue weighted by Crippen LogP contribution is -2.13. The van der Waals surface area contributed by atoms with Crippen LogP contribution >= 0.6 is 31.9 Å². The molecule has 0 saturated heterocycles. The van der Waals surface area contributed by atoms with E-state index in [0.29, 0.717) is 11.0 Å². The molecular weight excluding hydrogens is 352 g/mol. The Labute approximate surface area is 114 Å². The van der Waals surface area contributed by atoms with Crippen molar-refractivity contribution >= 4 is 31.9 Å². The van der Waals surface area contributed by atoms with Crippen molar-refractivity contribution in [3.8, 4) is 0 Å². The molecule has 5 nitrogen and oxygen atoms in total. The SMILES string of the molecule is O/N=c1\ncn(Cc2ccncc2Br)cc1Br. The molecule has 0 aromatic carbocycles. The fourth-order valence-electron chi connectivity index (χ4n) is 1.32. The first kappa shape index (κ1) is 12.3. The lowest BCUT2D eigenvalue weighted by Gasteiger charge is -2.07. The van der Waals surface area contributed by atoms with Gasteiger partial charge in [0.15, 0.2) is 0 Å². The molecule has 0 unspecified atom stereocenters. The van der Waals surface area contributed by atoms with E-state index in [9.17, 15) is 0 Å². The third-order valence-electron chi connectivity index (χ3n) is 2.13. The average Bonchev–Trinajstić information content (AvgIpc) is 2.32. The zero-order valence-electron chi connectivity index (χ0n) is 8.59. The second-order valence-corrected chi connectivity index (χ2v) is 4.99. The van der Waals surface area contributed by atoms with Crippen LogP contribution in [0.2, 0.25) is 0 Å². The Balaban J connectivity index is 2.32. The van der Waals surface area contributed by atoms with Crippen LogP contribution < -0.4 is 5.49 Å². The quantitative estimate of drug-likeness (QED) is 0.660. The van der Waals surface area contributed by atoms with Crippen LogP contribution in [-0.4, -0.2) is 19.7 Å². The summed E-state index contributed by atoms with van der Waals surface area (Å²) in [5.74, 6) is 0. The van der Waals surface area contributed by atoms with E-state index < -0.39 is 0 Å². The van der Waals surface area contributed by atoms with Crippen molar-refractivity contribution in [3.05, 3.63) is 51.0 Å². The number of halogens is 2. The first-order valence-electron chi connectivity index (χ1n) is 4.69. The number of hydrogen-bond donors (Lipinski definition) is 1. The first-order chi connectivity index (χ1) is 8.20. The zero-order chi connectivity index (χ0) is 12.3. The van der Waals surface area contributed by atoms with Gasteiger partial charge in [-0.15, -0.1) is 0 Å². The fraction of sp³-hybridized carbons (Fsp3) is 0.100. The minimum absolute atomic E-state index is 0.259. The molecule has 17 heavy (non-hydrogen) atoms. The molecule has 2 aromatic rings. The van der Waals surface area contributed by atoms with Crippen molar-refractivity contribution in [2.45, 2.75) is 6.54 Å². The third kappa shape index (κ3) is 2.92. The summed E-state index contributed by atoms with van der Waals surface area (Å²) >= 11 is 6.71. The van der Waals surface area contributed by atoms with E-state index in [1.165, 1.54) is 0 Å². The largest absolute Gasteiger partial charge is 0.409 e. The molecular formula is C10H8Br2N4O. The minimum atomic E-state index is 0.259. The van der Waals surface area contributed by atoms with Crippen LogP contribution in [0.25, 0.3) is 0 Å². The molecule has 2 aromatic heterocycles. The van der Waals surface area contributed by atoms with Gasteiger partial charge in [0.05, 0.1) is 10.8 Å². The molecule has 0 atom stereocenters. The Hall–Kier alpha value is -1.21. The minimum Gasteiger partial charge on any atom is -0.409 e. The van der Waals surface area contributed by atoms with Crippen molar-refractivity contribution in [2.24, 2.45) is 5.16 Å². The standard InChI is InChI=1S/C10H8Br2N4O/c11-8-3-13-2-1-7(8)4-16-5-9(12)10(15-17)14-6-16/h1-3,5-6,17H,4H2/b15-10-. The van der Waals surface area contributed by atoms with Crippen LogP contribution in [-0.2, 0) is 6.54 Å². The van der Waals surface area contributed by atoms with E-state index in [0.717, 1.165) is 10.0 Å². The lowest BCUT2D eigenvalue weighted by molar-refractivity contribution is 0.297. The maximum atomic E-state index is 8.65. The van der Waals surface area contributed by atoms with E-state index in [1.807, 2.05) is 10.6 Å². The van der Waals surface area contributed by atoms with Gasteiger partial charge in [-0.25, -0.2) is 4.98 Å². The monoisotopic (exact) mass is 358 g/mol. The van der Waals surface area contributed by atoms with Crippen molar-refractivity contribution in [1.82, 2.24) is 14.5 Å². The van der Waals surface area contributed by atoms with E-state index >= 15 is 0 Å². The maximum Gasteiger partial charge on any atom is 0.208 e. The van der Waals surface area contributed by atoms with Gasteiger partial charge in [0.1, 0.15) is 0 Å². The highest BCUT2D eigenvalue weighted by atomic mass is 79.9. The number of hydrogen-bond acceptors (Lipinski definition) is 4. The van der Waals surface area contributed by atoms with Gasteiger partial charge >= 0.3 is 0 Å². The number of pyridine rings is 1. The number of nitrogens with zero attached hydrogens (tertiary/aromatic N) is 4. The predicted octanol–water partition coefficient (Wildman–Crippen LogP) is 2.14. The molecule has 1 N–H and O–H groups in total. The number of aromatic nitrogens is 3. The molecule has 2 rings (SSSR count). The molecule has 0 spiro atoms. The topological polar surface area (TPSA) is 63.3 Å². The second kappa shape index (κ2) is 5.42. The zero-order valence-corrected chi connectivity index (χ0v) is 11.8. The summed E-state index contributed by atoms with van der Waals surface area (Å²) in [4.78, 5) is 7.99. The van der Waals surface area contributed by atoms with E-state index in [4.69, 9.17) is 5.21 Å². The van der Waals surface area contributed by atoms with Crippen LogP contribution in [0.15, 0.2) is 45.1 Å². The average molecular weight is 360 g/mol. The Bertz CT molecular complexity index is 597. The van der Waals surface area contributed by atoms with Crippen molar-refractivity contribution < 1.29 is 5.21 Å². The highest BCUT2D eigenvalue weighted by Gasteiger charge is 2.01. The van der Waals surface area contributed by atoms with Crippen LogP contribution in [0.3, 0.4) is 0 Å². The molecule has 0 saturated carbocycles. The van der Waals surface area contributed by atoms with Crippen LogP contribution in [0.4, 0.5) is 0 Å². The van der Waals surface area contributed by atoms with Gasteiger partial charge in [-0.05, 0) is 43.5 Å². The Morgan fingerprint density at radius 2 is 2.18 bits per heavy atom. The van der Waals surface area contributed by atoms with Crippen LogP contribution in [0.5, 0.6) is 0 Å². The molecule has 0 fully saturated rings. The molecule has 0 aliphatic rings. The highest BCUT2D eigenvalue weighted by molar-refractivity contribution is 9.10. The summed E-state index contributed by atoms with van der Waals surface area (Å²) in [5.41, 5.74) is 1.35. The van der Waals surface area contributed by atoms with Crippen molar-refractivity contribution in [3.63, 3.8) is 0 Å². The first-order valence-corrected chi connectivity index (χ1v) is 6.27. The fourth-order valence-corrected chi connectivity index (χ4v) is 2.14. The molecule has 0 bridgehead atoms. The molecule has 88 valence electrons. The maximum absolute atomic E-state index is 8.65. The summed E-state index contributed by atoms with van der Waals surface area (Å²) in [7, 11) is 0. The summed E-state index contributed by atoms with van der Waals surface area (Å²) in [6, 6.07) is 1.93. The Morgan fingerprint density at radius 1 is 1.35 bits per heavy atom. The third-order valence-corrected chi connectivity index (χ3v) is 3.40. The summed E-state index contributed by atoms with van der Waals surface area (Å²) < 4.78 is 3.45. The van der Waals surface area contributed by atoms with Crippen molar-refractivity contribution in [2.75, 3.05) is 0 Å². The van der Waals surface area contributed by atoms with E-state index in [1.54, 1.807) is 24.9 Å². The smallest absolute Gasteiger partial charge is 0.208 e. The summed E-state index contributed by atoms with van der Waals surface area (Å²) in [6.07, 6.45) is 6.89. The van der Waals surface area contributed by atoms with Gasteiger partial charge in [-0.2, -0.15) is 0 Å². The van der Waals surface area contributed by atoms with Crippen LogP contribution in [0.1, 0.15) is 5.56 Å². The van der Waals surface area contributed by atoms with E-state index in [-0.39, 0.29) is 5.49 Å². The molecule has 0 aliphatic carbocycles. The summed E-state index contributed by atoms with van der Waals surface area (Å²) in [6.45, 7) is 0.653. The van der Waals surface area contributed by atoms with Gasteiger partial charge in [-0.3, -0.25) is 4.98 Å². The molecule has 0 aliphatic heterocycles. The van der Waals surface area contributed by atoms with Gasteiger partial charge < -0.3 is 9.77 Å². The Morgan fingerprint density at radius 3 is 2.82 bits per heavy atom. The molecule has 0 amide bonds. The normalized spacial score (nSPS) is 11.8. The van der Waals surface area contributed by atoms with Crippen molar-refractivity contribution in [1.29, 1.82) is 0 Å². The highest BCUT2D eigenvalue weighted by Crippen LogP contribution is 2.15. The predicted molar refractivity (Wildman–Crippen MR) is 68.3 cm³/mol. The van der Waals surface area contributed by atoms with Gasteiger partial charge in [0.2, 0.25) is 5.49 Å². The Kier molecular flexibility index (Phi) is 3.90. The number of rotatable bonds is 2.